The number of carbonyl (C=O) groups excluding carboxylic acids is 2. The van der Waals surface area contributed by atoms with Crippen LogP contribution in [-0.4, -0.2) is 29.8 Å². The van der Waals surface area contributed by atoms with E-state index in [9.17, 15) is 14.0 Å². The van der Waals surface area contributed by atoms with Gasteiger partial charge in [0.2, 0.25) is 11.8 Å². The average molecular weight is 399 g/mol. The SMILES string of the molecule is C/C(=N/NC(=O)CCSc1ccc(F)cc1)c1cccc(N2CCCC2=O)c1. The summed E-state index contributed by atoms with van der Waals surface area (Å²) < 4.78 is 12.9. The van der Waals surface area contributed by atoms with Crippen molar-refractivity contribution in [3.8, 4) is 0 Å². The monoisotopic (exact) mass is 399 g/mol. The largest absolute Gasteiger partial charge is 0.312 e. The Morgan fingerprint density at radius 2 is 2.04 bits per heavy atom. The van der Waals surface area contributed by atoms with Crippen molar-refractivity contribution in [3.63, 3.8) is 0 Å². The van der Waals surface area contributed by atoms with Crippen molar-refractivity contribution in [2.24, 2.45) is 5.10 Å². The second-order valence-electron chi connectivity index (χ2n) is 6.48. The summed E-state index contributed by atoms with van der Waals surface area (Å²) in [5.74, 6) is 0.266. The zero-order valence-corrected chi connectivity index (χ0v) is 16.5. The minimum atomic E-state index is -0.273. The topological polar surface area (TPSA) is 61.8 Å². The zero-order valence-electron chi connectivity index (χ0n) is 15.7. The van der Waals surface area contributed by atoms with E-state index in [1.54, 1.807) is 17.0 Å². The third-order valence-electron chi connectivity index (χ3n) is 4.41. The number of benzene rings is 2. The Labute approximate surface area is 168 Å². The van der Waals surface area contributed by atoms with Gasteiger partial charge in [0.15, 0.2) is 0 Å². The Bertz CT molecular complexity index is 883. The van der Waals surface area contributed by atoms with Crippen molar-refractivity contribution in [1.82, 2.24) is 5.43 Å². The molecule has 146 valence electrons. The molecular weight excluding hydrogens is 377 g/mol. The number of amides is 2. The maximum Gasteiger partial charge on any atom is 0.240 e. The van der Waals surface area contributed by atoms with Crippen LogP contribution in [-0.2, 0) is 9.59 Å². The molecule has 1 N–H and O–H groups in total. The van der Waals surface area contributed by atoms with Gasteiger partial charge in [-0.1, -0.05) is 12.1 Å². The standard InChI is InChI=1S/C21H22FN3O2S/c1-15(16-4-2-5-18(14-16)25-12-3-6-21(25)27)23-24-20(26)11-13-28-19-9-7-17(22)8-10-19/h2,4-5,7-10,14H,3,6,11-13H2,1H3,(H,24,26)/b23-15-. The molecule has 1 aliphatic heterocycles. The maximum absolute atomic E-state index is 12.9. The lowest BCUT2D eigenvalue weighted by Crippen LogP contribution is -2.24. The lowest BCUT2D eigenvalue weighted by atomic mass is 10.1. The molecule has 1 heterocycles. The van der Waals surface area contributed by atoms with Gasteiger partial charge in [-0.15, -0.1) is 11.8 Å². The third kappa shape index (κ3) is 5.42. The highest BCUT2D eigenvalue weighted by atomic mass is 32.2. The highest BCUT2D eigenvalue weighted by molar-refractivity contribution is 7.99. The predicted octanol–water partition coefficient (Wildman–Crippen LogP) is 3.98. The maximum atomic E-state index is 12.9. The second-order valence-corrected chi connectivity index (χ2v) is 7.65. The van der Waals surface area contributed by atoms with Crippen LogP contribution in [0.5, 0.6) is 0 Å². The van der Waals surface area contributed by atoms with Gasteiger partial charge < -0.3 is 4.90 Å². The van der Waals surface area contributed by atoms with Crippen LogP contribution in [0.3, 0.4) is 0 Å². The highest BCUT2D eigenvalue weighted by Gasteiger charge is 2.21. The Morgan fingerprint density at radius 1 is 1.25 bits per heavy atom. The van der Waals surface area contributed by atoms with Crippen LogP contribution >= 0.6 is 11.8 Å². The number of thioether (sulfide) groups is 1. The van der Waals surface area contributed by atoms with Gasteiger partial charge in [-0.25, -0.2) is 9.82 Å². The normalized spacial score (nSPS) is 14.4. The van der Waals surface area contributed by atoms with Crippen LogP contribution < -0.4 is 10.3 Å². The lowest BCUT2D eigenvalue weighted by molar-refractivity contribution is -0.120. The molecule has 5 nitrogen and oxygen atoms in total. The molecule has 0 bridgehead atoms. The molecule has 2 aromatic rings. The molecular formula is C21H22FN3O2S. The fourth-order valence-corrected chi connectivity index (χ4v) is 3.73. The van der Waals surface area contributed by atoms with Crippen LogP contribution in [0.4, 0.5) is 10.1 Å². The Morgan fingerprint density at radius 3 is 2.75 bits per heavy atom. The van der Waals surface area contributed by atoms with Crippen LogP contribution in [0.15, 0.2) is 58.5 Å². The van der Waals surface area contributed by atoms with Crippen molar-refractivity contribution < 1.29 is 14.0 Å². The molecule has 0 aliphatic carbocycles. The number of nitrogens with one attached hydrogen (secondary N) is 1. The van der Waals surface area contributed by atoms with Crippen molar-refractivity contribution in [2.75, 3.05) is 17.2 Å². The number of hydrazone groups is 1. The number of halogens is 1. The molecule has 0 atom stereocenters. The molecule has 1 saturated heterocycles. The van der Waals surface area contributed by atoms with E-state index in [2.05, 4.69) is 10.5 Å². The smallest absolute Gasteiger partial charge is 0.240 e. The van der Waals surface area contributed by atoms with Gasteiger partial charge in [0.05, 0.1) is 5.71 Å². The van der Waals surface area contributed by atoms with Crippen LogP contribution in [0.1, 0.15) is 31.7 Å². The summed E-state index contributed by atoms with van der Waals surface area (Å²) in [6, 6.07) is 13.8. The van der Waals surface area contributed by atoms with Crippen molar-refractivity contribution >= 4 is 35.0 Å². The molecule has 7 heteroatoms. The Hall–Kier alpha value is -2.67. The van der Waals surface area contributed by atoms with E-state index in [1.165, 1.54) is 23.9 Å². The number of rotatable bonds is 7. The molecule has 1 fully saturated rings. The minimum absolute atomic E-state index is 0.138. The fourth-order valence-electron chi connectivity index (χ4n) is 2.88. The number of nitrogens with zero attached hydrogens (tertiary/aromatic N) is 2. The Balaban J connectivity index is 1.51. The van der Waals surface area contributed by atoms with Crippen LogP contribution in [0.25, 0.3) is 0 Å². The summed E-state index contributed by atoms with van der Waals surface area (Å²) in [4.78, 5) is 26.6. The van der Waals surface area contributed by atoms with E-state index in [0.717, 1.165) is 29.1 Å². The van der Waals surface area contributed by atoms with Crippen molar-refractivity contribution in [3.05, 3.63) is 59.9 Å². The molecule has 0 radical (unpaired) electrons. The molecule has 0 spiro atoms. The molecule has 28 heavy (non-hydrogen) atoms. The van der Waals surface area contributed by atoms with Gasteiger partial charge in [-0.05, 0) is 55.3 Å². The zero-order chi connectivity index (χ0) is 19.9. The number of hydrogen-bond donors (Lipinski definition) is 1. The summed E-state index contributed by atoms with van der Waals surface area (Å²) >= 11 is 1.49. The molecule has 2 amide bonds. The minimum Gasteiger partial charge on any atom is -0.312 e. The Kier molecular flexibility index (Phi) is 6.81. The first kappa shape index (κ1) is 20.1. The van der Waals surface area contributed by atoms with Crippen LogP contribution in [0.2, 0.25) is 0 Å². The summed E-state index contributed by atoms with van der Waals surface area (Å²) in [6.45, 7) is 2.55. The van der Waals surface area contributed by atoms with Crippen LogP contribution in [0, 0.1) is 5.82 Å². The molecule has 0 saturated carbocycles. The van der Waals surface area contributed by atoms with Gasteiger partial charge in [0, 0.05) is 35.7 Å². The van der Waals surface area contributed by atoms with Gasteiger partial charge in [0.1, 0.15) is 5.82 Å². The van der Waals surface area contributed by atoms with E-state index in [4.69, 9.17) is 0 Å². The first-order chi connectivity index (χ1) is 13.5. The summed E-state index contributed by atoms with van der Waals surface area (Å²) in [5.41, 5.74) is 4.96. The highest BCUT2D eigenvalue weighted by Crippen LogP contribution is 2.22. The van der Waals surface area contributed by atoms with E-state index >= 15 is 0 Å². The predicted molar refractivity (Wildman–Crippen MR) is 110 cm³/mol. The third-order valence-corrected chi connectivity index (χ3v) is 5.42. The molecule has 0 unspecified atom stereocenters. The first-order valence-corrected chi connectivity index (χ1v) is 10.1. The molecule has 0 aromatic heterocycles. The van der Waals surface area contributed by atoms with E-state index < -0.39 is 0 Å². The van der Waals surface area contributed by atoms with Crippen molar-refractivity contribution in [1.29, 1.82) is 0 Å². The molecule has 2 aromatic carbocycles. The van der Waals surface area contributed by atoms with E-state index in [1.807, 2.05) is 31.2 Å². The van der Waals surface area contributed by atoms with Gasteiger partial charge in [-0.3, -0.25) is 9.59 Å². The first-order valence-electron chi connectivity index (χ1n) is 9.15. The lowest BCUT2D eigenvalue weighted by Gasteiger charge is -2.16. The second kappa shape index (κ2) is 9.50. The summed E-state index contributed by atoms with van der Waals surface area (Å²) in [6.07, 6.45) is 1.77. The quantitative estimate of drug-likeness (QED) is 0.435. The summed E-state index contributed by atoms with van der Waals surface area (Å²) in [5, 5.41) is 4.17. The number of hydrogen-bond acceptors (Lipinski definition) is 4. The summed E-state index contributed by atoms with van der Waals surface area (Å²) in [7, 11) is 0. The van der Waals surface area contributed by atoms with E-state index in [0.29, 0.717) is 24.3 Å². The molecule has 1 aliphatic rings. The fraction of sp³-hybridized carbons (Fsp3) is 0.286. The molecule has 3 rings (SSSR count). The van der Waals surface area contributed by atoms with E-state index in [-0.39, 0.29) is 17.6 Å². The number of anilines is 1. The average Bonchev–Trinajstić information content (AvgIpc) is 3.13. The van der Waals surface area contributed by atoms with Gasteiger partial charge in [-0.2, -0.15) is 5.10 Å². The van der Waals surface area contributed by atoms with Crippen molar-refractivity contribution in [2.45, 2.75) is 31.1 Å². The number of carbonyl (C=O) groups is 2. The van der Waals surface area contributed by atoms with Gasteiger partial charge in [0.25, 0.3) is 0 Å². The van der Waals surface area contributed by atoms with Gasteiger partial charge >= 0.3 is 0 Å².